The number of rotatable bonds is 6. The zero-order valence-electron chi connectivity index (χ0n) is 11.8. The maximum Gasteiger partial charge on any atom is 0.230 e. The van der Waals surface area contributed by atoms with Crippen LogP contribution in [0.2, 0.25) is 0 Å². The van der Waals surface area contributed by atoms with Crippen molar-refractivity contribution in [1.82, 2.24) is 5.32 Å². The van der Waals surface area contributed by atoms with Gasteiger partial charge in [0.2, 0.25) is 5.91 Å². The summed E-state index contributed by atoms with van der Waals surface area (Å²) in [5.74, 6) is 1.03. The second kappa shape index (κ2) is 6.82. The van der Waals surface area contributed by atoms with Gasteiger partial charge in [-0.1, -0.05) is 0 Å². The third kappa shape index (κ3) is 5.12. The number of benzene rings is 1. The van der Waals surface area contributed by atoms with Crippen LogP contribution in [0.3, 0.4) is 0 Å². The van der Waals surface area contributed by atoms with Gasteiger partial charge in [-0.05, 0) is 45.0 Å². The molecular formula is C14H21NO3S. The summed E-state index contributed by atoms with van der Waals surface area (Å²) in [5.41, 5.74) is -0.614. The van der Waals surface area contributed by atoms with Crippen molar-refractivity contribution in [3.05, 3.63) is 24.3 Å². The molecule has 5 heteroatoms. The Hall–Kier alpha value is -1.20. The van der Waals surface area contributed by atoms with Crippen LogP contribution in [-0.4, -0.2) is 35.5 Å². The first-order valence-electron chi connectivity index (χ1n) is 6.11. The summed E-state index contributed by atoms with van der Waals surface area (Å²) in [6, 6.07) is 7.55. The second-order valence-corrected chi connectivity index (χ2v) is 5.96. The molecule has 2 N–H and O–H groups in total. The molecule has 4 nitrogen and oxygen atoms in total. The molecule has 19 heavy (non-hydrogen) atoms. The smallest absolute Gasteiger partial charge is 0.230 e. The van der Waals surface area contributed by atoms with Crippen LogP contribution in [-0.2, 0) is 4.79 Å². The first-order valence-corrected chi connectivity index (χ1v) is 7.09. The number of carbonyl (C=O) groups excluding carboxylic acids is 1. The molecule has 0 fully saturated rings. The number of carbonyl (C=O) groups is 1. The summed E-state index contributed by atoms with van der Waals surface area (Å²) in [6.45, 7) is 5.26. The first-order chi connectivity index (χ1) is 8.85. The Morgan fingerprint density at radius 1 is 1.42 bits per heavy atom. The van der Waals surface area contributed by atoms with E-state index in [1.165, 1.54) is 11.8 Å². The average molecular weight is 283 g/mol. The third-order valence-electron chi connectivity index (χ3n) is 2.94. The number of ether oxygens (including phenoxy) is 1. The molecule has 1 amide bonds. The Balaban J connectivity index is 2.45. The van der Waals surface area contributed by atoms with Crippen molar-refractivity contribution in [3.63, 3.8) is 0 Å². The maximum atomic E-state index is 11.8. The lowest BCUT2D eigenvalue weighted by Gasteiger charge is -2.29. The van der Waals surface area contributed by atoms with Gasteiger partial charge in [0.1, 0.15) is 5.75 Å². The fourth-order valence-corrected chi connectivity index (χ4v) is 2.02. The highest BCUT2D eigenvalue weighted by Crippen LogP contribution is 2.21. The van der Waals surface area contributed by atoms with Crippen molar-refractivity contribution in [2.24, 2.45) is 0 Å². The molecule has 106 valence electrons. The molecule has 1 aromatic rings. The number of nitrogens with one attached hydrogen (secondary N) is 1. The van der Waals surface area contributed by atoms with Gasteiger partial charge in [0.25, 0.3) is 0 Å². The van der Waals surface area contributed by atoms with E-state index in [1.54, 1.807) is 27.9 Å². The van der Waals surface area contributed by atoms with Gasteiger partial charge in [0, 0.05) is 4.90 Å². The van der Waals surface area contributed by atoms with E-state index in [1.807, 2.05) is 24.3 Å². The predicted octanol–water partition coefficient (Wildman–Crippen LogP) is 2.06. The maximum absolute atomic E-state index is 11.8. The number of thioether (sulfide) groups is 1. The lowest BCUT2D eigenvalue weighted by atomic mass is 9.99. The molecule has 0 aliphatic heterocycles. The number of amides is 1. The normalized spacial score (nSPS) is 12.9. The Morgan fingerprint density at radius 2 is 2.00 bits per heavy atom. The number of methoxy groups -OCH3 is 1. The third-order valence-corrected chi connectivity index (χ3v) is 3.95. The van der Waals surface area contributed by atoms with Crippen molar-refractivity contribution in [1.29, 1.82) is 0 Å². The SMILES string of the molecule is COc1ccc(SCC(=O)NC(C)(C)C(C)O)cc1. The molecule has 0 aliphatic rings. The molecule has 1 unspecified atom stereocenters. The Morgan fingerprint density at radius 3 is 2.47 bits per heavy atom. The van der Waals surface area contributed by atoms with Gasteiger partial charge in [0.05, 0.1) is 24.5 Å². The van der Waals surface area contributed by atoms with Crippen molar-refractivity contribution < 1.29 is 14.6 Å². The molecule has 0 radical (unpaired) electrons. The lowest BCUT2D eigenvalue weighted by molar-refractivity contribution is -0.121. The van der Waals surface area contributed by atoms with E-state index in [0.717, 1.165) is 10.6 Å². The highest BCUT2D eigenvalue weighted by atomic mass is 32.2. The minimum absolute atomic E-state index is 0.0910. The Bertz CT molecular complexity index is 415. The van der Waals surface area contributed by atoms with E-state index < -0.39 is 11.6 Å². The molecule has 0 heterocycles. The molecule has 0 saturated heterocycles. The molecule has 1 atom stereocenters. The summed E-state index contributed by atoms with van der Waals surface area (Å²) in [6.07, 6.45) is -0.595. The zero-order valence-corrected chi connectivity index (χ0v) is 12.6. The van der Waals surface area contributed by atoms with Crippen molar-refractivity contribution in [2.75, 3.05) is 12.9 Å². The molecule has 0 aliphatic carbocycles. The van der Waals surface area contributed by atoms with E-state index in [0.29, 0.717) is 5.75 Å². The van der Waals surface area contributed by atoms with Gasteiger partial charge in [-0.15, -0.1) is 11.8 Å². The van der Waals surface area contributed by atoms with Crippen molar-refractivity contribution in [3.8, 4) is 5.75 Å². The molecule has 1 aromatic carbocycles. The van der Waals surface area contributed by atoms with E-state index >= 15 is 0 Å². The van der Waals surface area contributed by atoms with Crippen LogP contribution >= 0.6 is 11.8 Å². The number of hydrogen-bond donors (Lipinski definition) is 2. The van der Waals surface area contributed by atoms with Gasteiger partial charge in [-0.25, -0.2) is 0 Å². The molecule has 0 bridgehead atoms. The Labute approximate surface area is 118 Å². The molecule has 1 rings (SSSR count). The van der Waals surface area contributed by atoms with Crippen LogP contribution < -0.4 is 10.1 Å². The van der Waals surface area contributed by atoms with Crippen LogP contribution in [0.4, 0.5) is 0 Å². The largest absolute Gasteiger partial charge is 0.497 e. The molecule has 0 saturated carbocycles. The minimum atomic E-state index is -0.614. The van der Waals surface area contributed by atoms with Gasteiger partial charge in [-0.3, -0.25) is 4.79 Å². The van der Waals surface area contributed by atoms with Crippen molar-refractivity contribution in [2.45, 2.75) is 37.3 Å². The van der Waals surface area contributed by atoms with Crippen LogP contribution in [0.5, 0.6) is 5.75 Å². The lowest BCUT2D eigenvalue weighted by Crippen LogP contribution is -2.51. The van der Waals surface area contributed by atoms with Crippen LogP contribution in [0.1, 0.15) is 20.8 Å². The molecule has 0 spiro atoms. The van der Waals surface area contributed by atoms with Gasteiger partial charge in [0.15, 0.2) is 0 Å². The summed E-state index contributed by atoms with van der Waals surface area (Å²) >= 11 is 1.45. The topological polar surface area (TPSA) is 58.6 Å². The first kappa shape index (κ1) is 15.9. The quantitative estimate of drug-likeness (QED) is 0.785. The average Bonchev–Trinajstić information content (AvgIpc) is 2.36. The minimum Gasteiger partial charge on any atom is -0.497 e. The zero-order chi connectivity index (χ0) is 14.5. The fraction of sp³-hybridized carbons (Fsp3) is 0.500. The number of aliphatic hydroxyl groups is 1. The summed E-state index contributed by atoms with van der Waals surface area (Å²) in [4.78, 5) is 12.8. The fourth-order valence-electron chi connectivity index (χ4n) is 1.32. The van der Waals surface area contributed by atoms with Gasteiger partial charge in [-0.2, -0.15) is 0 Å². The second-order valence-electron chi connectivity index (χ2n) is 4.91. The highest BCUT2D eigenvalue weighted by molar-refractivity contribution is 8.00. The van der Waals surface area contributed by atoms with E-state index in [-0.39, 0.29) is 5.91 Å². The monoisotopic (exact) mass is 283 g/mol. The van der Waals surface area contributed by atoms with Crippen LogP contribution in [0, 0.1) is 0 Å². The van der Waals surface area contributed by atoms with Gasteiger partial charge >= 0.3 is 0 Å². The summed E-state index contributed by atoms with van der Waals surface area (Å²) < 4.78 is 5.07. The Kier molecular flexibility index (Phi) is 5.69. The van der Waals surface area contributed by atoms with Crippen molar-refractivity contribution >= 4 is 17.7 Å². The van der Waals surface area contributed by atoms with Gasteiger partial charge < -0.3 is 15.2 Å². The van der Waals surface area contributed by atoms with E-state index in [9.17, 15) is 9.90 Å². The van der Waals surface area contributed by atoms with E-state index in [2.05, 4.69) is 5.32 Å². The highest BCUT2D eigenvalue weighted by Gasteiger charge is 2.25. The van der Waals surface area contributed by atoms with E-state index in [4.69, 9.17) is 4.74 Å². The number of hydrogen-bond acceptors (Lipinski definition) is 4. The number of aliphatic hydroxyl groups excluding tert-OH is 1. The summed E-state index contributed by atoms with van der Waals surface area (Å²) in [7, 11) is 1.62. The standard InChI is InChI=1S/C14H21NO3S/c1-10(16)14(2,3)15-13(17)9-19-12-7-5-11(18-4)6-8-12/h5-8,10,16H,9H2,1-4H3,(H,15,17). The van der Waals surface area contributed by atoms with Crippen LogP contribution in [0.25, 0.3) is 0 Å². The predicted molar refractivity (Wildman–Crippen MR) is 77.6 cm³/mol. The summed E-state index contributed by atoms with van der Waals surface area (Å²) in [5, 5.41) is 12.4. The molecule has 0 aromatic heterocycles. The van der Waals surface area contributed by atoms with Crippen LogP contribution in [0.15, 0.2) is 29.2 Å². The molecular weight excluding hydrogens is 262 g/mol.